The highest BCUT2D eigenvalue weighted by molar-refractivity contribution is 6.07. The van der Waals surface area contributed by atoms with Gasteiger partial charge in [0, 0.05) is 72.1 Å². The summed E-state index contributed by atoms with van der Waals surface area (Å²) in [5.74, 6) is 7.27. The Morgan fingerprint density at radius 1 is 0.294 bits per heavy atom. The lowest BCUT2D eigenvalue weighted by Crippen LogP contribution is -2.20. The maximum absolute atomic E-state index is 7.10. The topological polar surface area (TPSA) is 159 Å². The Bertz CT molecular complexity index is 5390. The lowest BCUT2D eigenvalue weighted by Gasteiger charge is -2.30. The van der Waals surface area contributed by atoms with Crippen LogP contribution in [0.15, 0.2) is 164 Å². The van der Waals surface area contributed by atoms with E-state index in [1.807, 2.05) is 84.9 Å². The standard InChI is InChI=1S/C89H95N9O4/c1-19-84(7,8)53-30-41-71(68(45-53)87(13,14)22-4)99-56-33-37-60-64(48-56)80-91-76(60)93-81-66-50-58(101-73-43-32-55(86(11,12)21-3)47-70(73)89(17,18)24-6)35-39-62(66)78(95-81)97-83-67-51-59(102-74-29-25-27-52-28-26-44-90-75(52)74)36-40-63(67)79(98-83)96-82-65-49-57(34-38-61(65)77(92-80)94-82)100-72-42-31-54(85(9,10)20-2)46-69(72)88(15,16)23-5/h25-51H,19-24H2,1-18H3,(H2,91,92,93,94,95,96,97,98). The number of aromatic nitrogens is 9. The molecule has 102 heavy (non-hydrogen) atoms. The molecule has 520 valence electrons. The minimum atomic E-state index is -0.180. The third kappa shape index (κ3) is 12.7. The largest absolute Gasteiger partial charge is 0.457 e. The molecule has 0 saturated carbocycles. The van der Waals surface area contributed by atoms with Crippen LogP contribution in [0.25, 0.3) is 101 Å². The summed E-state index contributed by atoms with van der Waals surface area (Å²) in [7, 11) is 0. The van der Waals surface area contributed by atoms with Crippen molar-refractivity contribution in [2.24, 2.45) is 0 Å². The number of hydrogen-bond acceptors (Lipinski definition) is 11. The number of hydrogen-bond donors (Lipinski definition) is 2. The van der Waals surface area contributed by atoms with Gasteiger partial charge in [0.25, 0.3) is 0 Å². The van der Waals surface area contributed by atoms with Crippen LogP contribution in [0.3, 0.4) is 0 Å². The average molecular weight is 1350 g/mol. The normalized spacial score (nSPS) is 12.8. The molecule has 0 aliphatic carbocycles. The lowest BCUT2D eigenvalue weighted by atomic mass is 9.76. The van der Waals surface area contributed by atoms with E-state index in [1.165, 1.54) is 16.7 Å². The quantitative estimate of drug-likeness (QED) is 0.0748. The third-order valence-electron chi connectivity index (χ3n) is 23.0. The van der Waals surface area contributed by atoms with Crippen molar-refractivity contribution in [3.8, 4) is 91.5 Å². The molecule has 0 radical (unpaired) electrons. The summed E-state index contributed by atoms with van der Waals surface area (Å²) in [5, 5.41) is 4.09. The van der Waals surface area contributed by atoms with E-state index in [0.717, 1.165) is 122 Å². The second-order valence-corrected chi connectivity index (χ2v) is 31.7. The highest BCUT2D eigenvalue weighted by atomic mass is 16.5. The van der Waals surface area contributed by atoms with Gasteiger partial charge in [-0.25, -0.2) is 29.9 Å². The number of benzene rings is 8. The molecule has 6 heterocycles. The van der Waals surface area contributed by atoms with Crippen molar-refractivity contribution >= 4 is 55.0 Å². The van der Waals surface area contributed by atoms with Gasteiger partial charge in [0.05, 0.1) is 0 Å². The molecule has 0 amide bonds. The van der Waals surface area contributed by atoms with Crippen LogP contribution in [0.5, 0.6) is 46.0 Å². The van der Waals surface area contributed by atoms with Crippen molar-refractivity contribution in [3.63, 3.8) is 0 Å². The van der Waals surface area contributed by atoms with Crippen molar-refractivity contribution in [2.45, 2.75) is 196 Å². The van der Waals surface area contributed by atoms with Crippen LogP contribution in [0.4, 0.5) is 0 Å². The Balaban J connectivity index is 1.01. The van der Waals surface area contributed by atoms with Crippen molar-refractivity contribution < 1.29 is 18.9 Å². The second kappa shape index (κ2) is 26.0. The maximum atomic E-state index is 7.10. The van der Waals surface area contributed by atoms with E-state index in [-0.39, 0.29) is 32.5 Å². The van der Waals surface area contributed by atoms with Gasteiger partial charge in [-0.05, 0) is 191 Å². The fraction of sp³-hybridized carbons (Fsp3) is 0.337. The number of pyridine rings is 1. The van der Waals surface area contributed by atoms with Crippen LogP contribution in [0.1, 0.15) is 197 Å². The van der Waals surface area contributed by atoms with Crippen LogP contribution in [0.2, 0.25) is 0 Å². The van der Waals surface area contributed by atoms with Gasteiger partial charge in [0.2, 0.25) is 0 Å². The summed E-state index contributed by atoms with van der Waals surface area (Å²) in [6, 6.07) is 54.3. The molecular weight excluding hydrogens is 1260 g/mol. The van der Waals surface area contributed by atoms with Gasteiger partial charge < -0.3 is 28.9 Å². The molecule has 2 aliphatic rings. The third-order valence-corrected chi connectivity index (χ3v) is 23.0. The van der Waals surface area contributed by atoms with Gasteiger partial charge in [0.1, 0.15) is 68.4 Å². The fourth-order valence-electron chi connectivity index (χ4n) is 13.5. The molecule has 13 nitrogen and oxygen atoms in total. The molecule has 8 bridgehead atoms. The molecule has 4 aromatic heterocycles. The van der Waals surface area contributed by atoms with Crippen LogP contribution >= 0.6 is 0 Å². The zero-order valence-corrected chi connectivity index (χ0v) is 62.6. The summed E-state index contributed by atoms with van der Waals surface area (Å²) in [6.45, 7) is 41.0. The summed E-state index contributed by atoms with van der Waals surface area (Å²) in [5.41, 5.74) is 12.5. The van der Waals surface area contributed by atoms with Crippen LogP contribution in [-0.2, 0) is 32.5 Å². The number of ether oxygens (including phenoxy) is 4. The molecule has 2 aliphatic heterocycles. The SMILES string of the molecule is CCC(C)(C)c1ccc(Oc2ccc3c(c2)-c2nc-3nc3[nH]c(nc4nc(nc5[nH]c(n2)c2ccc(Oc6ccc(C(C)(C)CC)cc6C(C)(C)CC)cc52)-c2ccc(Oc5cccc6cccnc56)cc2-4)c2ccc(Oc4ccc(C(C)(C)CC)cc4C(C)(C)CC)cc32)c(C(C)(C)CC)c1. The lowest BCUT2D eigenvalue weighted by molar-refractivity contribution is 0.432. The van der Waals surface area contributed by atoms with Crippen LogP contribution in [0, 0.1) is 0 Å². The van der Waals surface area contributed by atoms with E-state index in [9.17, 15) is 0 Å². The van der Waals surface area contributed by atoms with E-state index in [2.05, 4.69) is 207 Å². The Morgan fingerprint density at radius 3 is 1.01 bits per heavy atom. The fourth-order valence-corrected chi connectivity index (χ4v) is 13.5. The summed E-state index contributed by atoms with van der Waals surface area (Å²) in [6.07, 6.45) is 7.56. The Labute approximate surface area is 600 Å². The number of fused-ring (bicyclic) bond motifs is 21. The molecule has 12 aromatic rings. The molecule has 0 unspecified atom stereocenters. The Morgan fingerprint density at radius 2 is 0.627 bits per heavy atom. The van der Waals surface area contributed by atoms with Gasteiger partial charge in [-0.3, -0.25) is 4.98 Å². The molecule has 0 spiro atoms. The highest BCUT2D eigenvalue weighted by Crippen LogP contribution is 2.48. The van der Waals surface area contributed by atoms with Gasteiger partial charge in [-0.15, -0.1) is 0 Å². The first-order chi connectivity index (χ1) is 48.6. The molecule has 14 rings (SSSR count). The van der Waals surface area contributed by atoms with Crippen molar-refractivity contribution in [3.05, 3.63) is 197 Å². The monoisotopic (exact) mass is 1350 g/mol. The Hall–Kier alpha value is -10.3. The van der Waals surface area contributed by atoms with E-state index in [4.69, 9.17) is 53.8 Å². The second-order valence-electron chi connectivity index (χ2n) is 31.7. The van der Waals surface area contributed by atoms with Crippen LogP contribution < -0.4 is 18.9 Å². The molecule has 8 aromatic carbocycles. The summed E-state index contributed by atoms with van der Waals surface area (Å²) in [4.78, 5) is 45.0. The van der Waals surface area contributed by atoms with Crippen molar-refractivity contribution in [2.75, 3.05) is 0 Å². The van der Waals surface area contributed by atoms with Gasteiger partial charge >= 0.3 is 0 Å². The maximum Gasteiger partial charge on any atom is 0.164 e. The smallest absolute Gasteiger partial charge is 0.164 e. The van der Waals surface area contributed by atoms with Crippen LogP contribution in [-0.4, -0.2) is 44.9 Å². The first-order valence-corrected chi connectivity index (χ1v) is 36.5. The van der Waals surface area contributed by atoms with Crippen molar-refractivity contribution in [1.82, 2.24) is 44.9 Å². The predicted molar refractivity (Wildman–Crippen MR) is 417 cm³/mol. The first kappa shape index (κ1) is 68.8. The van der Waals surface area contributed by atoms with Gasteiger partial charge in [0.15, 0.2) is 29.0 Å². The summed E-state index contributed by atoms with van der Waals surface area (Å²) >= 11 is 0. The molecule has 2 N–H and O–H groups in total. The number of aromatic amines is 2. The minimum Gasteiger partial charge on any atom is -0.457 e. The highest BCUT2D eigenvalue weighted by Gasteiger charge is 2.32. The Kier molecular flexibility index (Phi) is 17.5. The van der Waals surface area contributed by atoms with E-state index >= 15 is 0 Å². The number of rotatable bonds is 20. The zero-order valence-electron chi connectivity index (χ0n) is 62.6. The molecule has 0 fully saturated rings. The van der Waals surface area contributed by atoms with Crippen molar-refractivity contribution in [1.29, 1.82) is 0 Å². The predicted octanol–water partition coefficient (Wildman–Crippen LogP) is 24.7. The van der Waals surface area contributed by atoms with Gasteiger partial charge in [-0.1, -0.05) is 179 Å². The van der Waals surface area contributed by atoms with E-state index in [1.54, 1.807) is 6.20 Å². The minimum absolute atomic E-state index is 0.0169. The van der Waals surface area contributed by atoms with Gasteiger partial charge in [-0.2, -0.15) is 0 Å². The first-order valence-electron chi connectivity index (χ1n) is 36.5. The molecule has 13 heteroatoms. The molecule has 0 atom stereocenters. The van der Waals surface area contributed by atoms with E-state index < -0.39 is 0 Å². The number of H-pyrrole nitrogens is 2. The number of nitrogens with one attached hydrogen (secondary N) is 2. The molecular formula is C89H95N9O4. The molecule has 0 saturated heterocycles. The van der Waals surface area contributed by atoms with E-state index in [0.29, 0.717) is 80.2 Å². The number of nitrogens with zero attached hydrogens (tertiary/aromatic N) is 7. The average Bonchev–Trinajstić information content (AvgIpc) is 1.56. The zero-order chi connectivity index (χ0) is 72.0. The summed E-state index contributed by atoms with van der Waals surface area (Å²) < 4.78 is 28.0. The number of para-hydroxylation sites is 1.